The summed E-state index contributed by atoms with van der Waals surface area (Å²) >= 11 is 0. The summed E-state index contributed by atoms with van der Waals surface area (Å²) in [5, 5.41) is 20.4. The van der Waals surface area contributed by atoms with Crippen LogP contribution in [-0.4, -0.2) is 18.6 Å². The van der Waals surface area contributed by atoms with Gasteiger partial charge in [-0.2, -0.15) is 0 Å². The van der Waals surface area contributed by atoms with Crippen LogP contribution in [0, 0.1) is 34.6 Å². The molecule has 0 spiro atoms. The number of aromatic hydroxyl groups is 2. The molecule has 0 aliphatic heterocycles. The molecule has 0 fully saturated rings. The molecule has 0 aliphatic rings. The summed E-state index contributed by atoms with van der Waals surface area (Å²) in [5.41, 5.74) is 3.04. The first-order valence-corrected chi connectivity index (χ1v) is 8.41. The molecule has 22 heavy (non-hydrogen) atoms. The normalized spacial score (nSPS) is 11.7. The molecule has 2 aromatic carbocycles. The lowest BCUT2D eigenvalue weighted by atomic mass is 10.1. The zero-order chi connectivity index (χ0) is 16.8. The number of hydrogen-bond acceptors (Lipinski definition) is 4. The highest BCUT2D eigenvalue weighted by Gasteiger charge is 2.30. The van der Waals surface area contributed by atoms with Gasteiger partial charge in [-0.1, -0.05) is 12.1 Å². The smallest absolute Gasteiger partial charge is 0.214 e. The average molecular weight is 320 g/mol. The molecule has 0 saturated carbocycles. The second-order valence-corrected chi connectivity index (χ2v) is 7.50. The molecule has 0 atom stereocenters. The summed E-state index contributed by atoms with van der Waals surface area (Å²) in [4.78, 5) is -0.284. The van der Waals surface area contributed by atoms with Gasteiger partial charge in [0, 0.05) is 0 Å². The molecule has 0 aliphatic carbocycles. The Bertz CT molecular complexity index is 865. The predicted octanol–water partition coefficient (Wildman–Crippen LogP) is 3.47. The quantitative estimate of drug-likeness (QED) is 0.888. The third-order valence-electron chi connectivity index (χ3n) is 4.15. The SMILES string of the molecule is Cc1cc(C)c(S(=O)(=O)c2c(O)ccc(C)c2C)c(O)c1C. The van der Waals surface area contributed by atoms with E-state index in [0.29, 0.717) is 16.7 Å². The van der Waals surface area contributed by atoms with Gasteiger partial charge in [0.1, 0.15) is 21.3 Å². The fraction of sp³-hybridized carbons (Fsp3) is 0.294. The van der Waals surface area contributed by atoms with Gasteiger partial charge in [-0.3, -0.25) is 0 Å². The molecule has 5 heteroatoms. The summed E-state index contributed by atoms with van der Waals surface area (Å²) in [5.74, 6) is -0.557. The zero-order valence-electron chi connectivity index (χ0n) is 13.4. The lowest BCUT2D eigenvalue weighted by Gasteiger charge is -2.17. The van der Waals surface area contributed by atoms with Gasteiger partial charge in [-0.05, 0) is 68.5 Å². The standard InChI is InChI=1S/C17H20O4S/c1-9-6-7-14(18)17(13(9)5)22(20,21)16-11(3)8-10(2)12(4)15(16)19/h6-8,18-19H,1-5H3. The average Bonchev–Trinajstić information content (AvgIpc) is 2.40. The Kier molecular flexibility index (Phi) is 3.96. The van der Waals surface area contributed by atoms with Crippen LogP contribution in [0.5, 0.6) is 11.5 Å². The van der Waals surface area contributed by atoms with Crippen molar-refractivity contribution in [2.45, 2.75) is 44.4 Å². The van der Waals surface area contributed by atoms with Crippen LogP contribution in [0.2, 0.25) is 0 Å². The summed E-state index contributed by atoms with van der Waals surface area (Å²) in [7, 11) is -4.02. The van der Waals surface area contributed by atoms with Gasteiger partial charge in [0.2, 0.25) is 9.84 Å². The van der Waals surface area contributed by atoms with Gasteiger partial charge in [0.05, 0.1) is 0 Å². The van der Waals surface area contributed by atoms with E-state index in [-0.39, 0.29) is 21.3 Å². The molecule has 2 rings (SSSR count). The van der Waals surface area contributed by atoms with Crippen LogP contribution in [0.1, 0.15) is 27.8 Å². The molecule has 0 aromatic heterocycles. The van der Waals surface area contributed by atoms with Crippen molar-refractivity contribution in [3.8, 4) is 11.5 Å². The number of phenols is 2. The van der Waals surface area contributed by atoms with E-state index in [4.69, 9.17) is 0 Å². The van der Waals surface area contributed by atoms with Crippen LogP contribution in [0.15, 0.2) is 28.0 Å². The van der Waals surface area contributed by atoms with E-state index < -0.39 is 9.84 Å². The van der Waals surface area contributed by atoms with Gasteiger partial charge in [-0.15, -0.1) is 0 Å². The van der Waals surface area contributed by atoms with Crippen molar-refractivity contribution in [2.75, 3.05) is 0 Å². The Morgan fingerprint density at radius 3 is 1.95 bits per heavy atom. The Balaban J connectivity index is 2.90. The van der Waals surface area contributed by atoms with Crippen LogP contribution in [0.3, 0.4) is 0 Å². The lowest BCUT2D eigenvalue weighted by Crippen LogP contribution is -2.09. The Morgan fingerprint density at radius 1 is 0.773 bits per heavy atom. The predicted molar refractivity (Wildman–Crippen MR) is 85.4 cm³/mol. The molecule has 2 aromatic rings. The highest BCUT2D eigenvalue weighted by Crippen LogP contribution is 2.40. The number of benzene rings is 2. The van der Waals surface area contributed by atoms with Crippen LogP contribution in [0.4, 0.5) is 0 Å². The number of rotatable bonds is 2. The van der Waals surface area contributed by atoms with Crippen molar-refractivity contribution in [3.63, 3.8) is 0 Å². The fourth-order valence-electron chi connectivity index (χ4n) is 2.60. The minimum atomic E-state index is -4.02. The van der Waals surface area contributed by atoms with E-state index in [2.05, 4.69) is 0 Å². The van der Waals surface area contributed by atoms with Gasteiger partial charge < -0.3 is 10.2 Å². The van der Waals surface area contributed by atoms with Crippen molar-refractivity contribution in [2.24, 2.45) is 0 Å². The Morgan fingerprint density at radius 2 is 1.36 bits per heavy atom. The third kappa shape index (κ3) is 2.35. The summed E-state index contributed by atoms with van der Waals surface area (Å²) in [6.07, 6.45) is 0. The van der Waals surface area contributed by atoms with Crippen LogP contribution in [-0.2, 0) is 9.84 Å². The first-order valence-electron chi connectivity index (χ1n) is 6.93. The number of hydrogen-bond donors (Lipinski definition) is 2. The van der Waals surface area contributed by atoms with E-state index in [1.54, 1.807) is 39.8 Å². The Labute approximate surface area is 131 Å². The van der Waals surface area contributed by atoms with Crippen molar-refractivity contribution >= 4 is 9.84 Å². The molecule has 0 heterocycles. The molecule has 0 radical (unpaired) electrons. The second-order valence-electron chi connectivity index (χ2n) is 5.67. The number of aryl methyl sites for hydroxylation is 3. The summed E-state index contributed by atoms with van der Waals surface area (Å²) < 4.78 is 26.0. The van der Waals surface area contributed by atoms with E-state index in [1.165, 1.54) is 6.07 Å². The molecule has 0 bridgehead atoms. The maximum atomic E-state index is 13.0. The van der Waals surface area contributed by atoms with Crippen LogP contribution in [0.25, 0.3) is 0 Å². The monoisotopic (exact) mass is 320 g/mol. The van der Waals surface area contributed by atoms with Crippen molar-refractivity contribution < 1.29 is 18.6 Å². The van der Waals surface area contributed by atoms with Gasteiger partial charge in [0.25, 0.3) is 0 Å². The maximum Gasteiger partial charge on any atom is 0.214 e. The molecule has 0 unspecified atom stereocenters. The topological polar surface area (TPSA) is 74.6 Å². The minimum Gasteiger partial charge on any atom is -0.507 e. The largest absolute Gasteiger partial charge is 0.507 e. The van der Waals surface area contributed by atoms with Crippen LogP contribution < -0.4 is 0 Å². The number of phenolic OH excluding ortho intramolecular Hbond substituents is 2. The molecule has 0 amide bonds. The van der Waals surface area contributed by atoms with E-state index in [9.17, 15) is 18.6 Å². The van der Waals surface area contributed by atoms with Gasteiger partial charge >= 0.3 is 0 Å². The lowest BCUT2D eigenvalue weighted by molar-refractivity contribution is 0.448. The highest BCUT2D eigenvalue weighted by atomic mass is 32.2. The van der Waals surface area contributed by atoms with E-state index in [0.717, 1.165) is 11.1 Å². The highest BCUT2D eigenvalue weighted by molar-refractivity contribution is 7.91. The van der Waals surface area contributed by atoms with Crippen molar-refractivity contribution in [1.29, 1.82) is 0 Å². The third-order valence-corrected chi connectivity index (χ3v) is 6.25. The maximum absolute atomic E-state index is 13.0. The first-order chi connectivity index (χ1) is 10.1. The van der Waals surface area contributed by atoms with Crippen LogP contribution >= 0.6 is 0 Å². The molecule has 0 saturated heterocycles. The molecule has 118 valence electrons. The Hall–Kier alpha value is -2.01. The first kappa shape index (κ1) is 16.4. The van der Waals surface area contributed by atoms with Gasteiger partial charge in [-0.25, -0.2) is 8.42 Å². The van der Waals surface area contributed by atoms with E-state index in [1.807, 2.05) is 6.92 Å². The van der Waals surface area contributed by atoms with Gasteiger partial charge in [0.15, 0.2) is 0 Å². The van der Waals surface area contributed by atoms with Crippen molar-refractivity contribution in [3.05, 3.63) is 46.0 Å². The minimum absolute atomic E-state index is 0.139. The summed E-state index contributed by atoms with van der Waals surface area (Å²) in [6.45, 7) is 8.55. The van der Waals surface area contributed by atoms with E-state index >= 15 is 0 Å². The van der Waals surface area contributed by atoms with Crippen molar-refractivity contribution in [1.82, 2.24) is 0 Å². The summed E-state index contributed by atoms with van der Waals surface area (Å²) in [6, 6.07) is 4.75. The molecule has 2 N–H and O–H groups in total. The molecular formula is C17H20O4S. The molecule has 4 nitrogen and oxygen atoms in total. The number of sulfone groups is 1. The fourth-order valence-corrected chi connectivity index (χ4v) is 4.60. The second kappa shape index (κ2) is 5.32. The molecular weight excluding hydrogens is 300 g/mol. The zero-order valence-corrected chi connectivity index (χ0v) is 14.2.